The maximum atomic E-state index is 13.0. The number of aliphatic hydroxyl groups excluding tert-OH is 1. The highest BCUT2D eigenvalue weighted by Crippen LogP contribution is 2.40. The van der Waals surface area contributed by atoms with E-state index in [9.17, 15) is 14.7 Å². The zero-order valence-electron chi connectivity index (χ0n) is 17.0. The summed E-state index contributed by atoms with van der Waals surface area (Å²) in [5.74, 6) is 0.424. The molecule has 4 aliphatic rings. The molecule has 1 saturated heterocycles. The molecular weight excluding hydrogens is 400 g/mol. The number of hydrogen-bond acceptors (Lipinski definition) is 7. The third-order valence-corrected chi connectivity index (χ3v) is 6.28. The van der Waals surface area contributed by atoms with Gasteiger partial charge in [0.15, 0.2) is 5.54 Å². The Morgan fingerprint density at radius 3 is 2.90 bits per heavy atom. The minimum atomic E-state index is -1.44. The van der Waals surface area contributed by atoms with Crippen molar-refractivity contribution in [2.75, 3.05) is 20.2 Å². The summed E-state index contributed by atoms with van der Waals surface area (Å²) in [6, 6.07) is 4.91. The predicted molar refractivity (Wildman–Crippen MR) is 110 cm³/mol. The molecule has 0 radical (unpaired) electrons. The normalized spacial score (nSPS) is 31.4. The first-order valence-corrected chi connectivity index (χ1v) is 10.1. The van der Waals surface area contributed by atoms with E-state index in [1.807, 2.05) is 36.4 Å². The Morgan fingerprint density at radius 2 is 2.19 bits per heavy atom. The van der Waals surface area contributed by atoms with Crippen molar-refractivity contribution in [3.63, 3.8) is 0 Å². The first-order valence-electron chi connectivity index (χ1n) is 10.1. The fraction of sp³-hybridized carbons (Fsp3) is 0.364. The number of fused-ring (bicyclic) bond motifs is 2. The van der Waals surface area contributed by atoms with Crippen molar-refractivity contribution in [1.29, 1.82) is 0 Å². The van der Waals surface area contributed by atoms with Crippen molar-refractivity contribution in [3.05, 3.63) is 65.0 Å². The lowest BCUT2D eigenvalue weighted by molar-refractivity contribution is -0.126. The van der Waals surface area contributed by atoms with Gasteiger partial charge < -0.3 is 25.6 Å². The van der Waals surface area contributed by atoms with E-state index in [2.05, 4.69) is 10.6 Å². The van der Waals surface area contributed by atoms with Crippen molar-refractivity contribution in [2.45, 2.75) is 24.4 Å². The van der Waals surface area contributed by atoms with E-state index in [0.29, 0.717) is 30.2 Å². The Hall–Kier alpha value is -3.14. The molecule has 3 aliphatic heterocycles. The van der Waals surface area contributed by atoms with Gasteiger partial charge in [-0.05, 0) is 35.4 Å². The second-order valence-electron chi connectivity index (χ2n) is 8.15. The Bertz CT molecular complexity index is 1050. The second kappa shape index (κ2) is 7.23. The Balaban J connectivity index is 1.46. The maximum Gasteiger partial charge on any atom is 0.322 e. The first-order chi connectivity index (χ1) is 14.9. The molecule has 0 saturated carbocycles. The Morgan fingerprint density at radius 1 is 1.35 bits per heavy atom. The fourth-order valence-corrected chi connectivity index (χ4v) is 4.63. The number of rotatable bonds is 5. The number of carbonyl (C=O) groups excluding carboxylic acids is 2. The van der Waals surface area contributed by atoms with Gasteiger partial charge in [-0.15, -0.1) is 0 Å². The number of ether oxygens (including phenoxy) is 2. The molecule has 1 fully saturated rings. The van der Waals surface area contributed by atoms with Crippen LogP contribution in [0.15, 0.2) is 53.8 Å². The molecule has 9 heteroatoms. The number of amides is 3. The average molecular weight is 424 g/mol. The molecule has 31 heavy (non-hydrogen) atoms. The molecule has 162 valence electrons. The van der Waals surface area contributed by atoms with Crippen LogP contribution in [0.1, 0.15) is 17.4 Å². The average Bonchev–Trinajstić information content (AvgIpc) is 3.41. The highest BCUT2D eigenvalue weighted by Gasteiger charge is 2.55. The zero-order valence-corrected chi connectivity index (χ0v) is 17.0. The standard InChI is InChI=1S/C22H24N4O5/c1-30-15-4-3-13-10-26(19(27)16(13)8-15)11-22(20(28)24-21(29)25-22)18-7-14-6-12(9-23)2-5-17(14)31-18/h2-8,14,17,19,27H,9-11,23H2,1H3,(H2,24,25,28,29). The molecule has 9 nitrogen and oxygen atoms in total. The van der Waals surface area contributed by atoms with E-state index in [1.54, 1.807) is 18.1 Å². The number of nitrogens with zero attached hydrogens (tertiary/aromatic N) is 1. The molecule has 4 atom stereocenters. The Kier molecular flexibility index (Phi) is 4.62. The van der Waals surface area contributed by atoms with Gasteiger partial charge in [0.2, 0.25) is 0 Å². The van der Waals surface area contributed by atoms with Gasteiger partial charge in [0.1, 0.15) is 23.8 Å². The van der Waals surface area contributed by atoms with Crippen molar-refractivity contribution in [3.8, 4) is 5.75 Å². The van der Waals surface area contributed by atoms with Crippen LogP contribution in [0, 0.1) is 5.92 Å². The lowest BCUT2D eigenvalue weighted by Gasteiger charge is -2.33. The SMILES string of the molecule is COc1ccc2c(c1)C(O)N(CC1(C3=CC4C=C(CN)C=CC4O3)NC(=O)NC1=O)C2. The summed E-state index contributed by atoms with van der Waals surface area (Å²) in [6.07, 6.45) is 6.47. The zero-order chi connectivity index (χ0) is 21.8. The number of benzene rings is 1. The quantitative estimate of drug-likeness (QED) is 0.505. The number of nitrogens with one attached hydrogen (secondary N) is 2. The van der Waals surface area contributed by atoms with Crippen molar-refractivity contribution < 1.29 is 24.2 Å². The number of aliphatic hydroxyl groups is 1. The van der Waals surface area contributed by atoms with Crippen LogP contribution in [0.3, 0.4) is 0 Å². The number of carbonyl (C=O) groups is 2. The summed E-state index contributed by atoms with van der Waals surface area (Å²) in [6.45, 7) is 0.876. The lowest BCUT2D eigenvalue weighted by atomic mass is 9.91. The molecule has 0 bridgehead atoms. The molecule has 3 heterocycles. The van der Waals surface area contributed by atoms with E-state index >= 15 is 0 Å². The van der Waals surface area contributed by atoms with Crippen LogP contribution < -0.4 is 21.1 Å². The molecule has 1 aromatic rings. The molecule has 5 rings (SSSR count). The molecule has 1 aliphatic carbocycles. The van der Waals surface area contributed by atoms with Gasteiger partial charge >= 0.3 is 6.03 Å². The summed E-state index contributed by atoms with van der Waals surface area (Å²) in [4.78, 5) is 26.9. The summed E-state index contributed by atoms with van der Waals surface area (Å²) in [7, 11) is 1.57. The first kappa shape index (κ1) is 19.8. The van der Waals surface area contributed by atoms with E-state index in [4.69, 9.17) is 15.2 Å². The molecule has 0 spiro atoms. The summed E-state index contributed by atoms with van der Waals surface area (Å²) < 4.78 is 11.4. The third-order valence-electron chi connectivity index (χ3n) is 6.28. The molecule has 1 aromatic carbocycles. The van der Waals surface area contributed by atoms with Gasteiger partial charge in [-0.2, -0.15) is 0 Å². The van der Waals surface area contributed by atoms with E-state index in [-0.39, 0.29) is 18.6 Å². The molecular formula is C22H24N4O5. The number of hydrogen-bond donors (Lipinski definition) is 4. The molecule has 3 amide bonds. The highest BCUT2D eigenvalue weighted by molar-refractivity contribution is 6.09. The molecule has 0 aromatic heterocycles. The topological polar surface area (TPSA) is 126 Å². The minimum absolute atomic E-state index is 0.0468. The lowest BCUT2D eigenvalue weighted by Crippen LogP contribution is -2.56. The van der Waals surface area contributed by atoms with E-state index in [1.165, 1.54) is 0 Å². The largest absolute Gasteiger partial charge is 0.497 e. The smallest absolute Gasteiger partial charge is 0.322 e. The summed E-state index contributed by atoms with van der Waals surface area (Å²) in [5.41, 5.74) is 6.94. The highest BCUT2D eigenvalue weighted by atomic mass is 16.5. The summed E-state index contributed by atoms with van der Waals surface area (Å²) in [5, 5.41) is 16.0. The van der Waals surface area contributed by atoms with Crippen molar-refractivity contribution in [1.82, 2.24) is 15.5 Å². The van der Waals surface area contributed by atoms with Gasteiger partial charge in [-0.1, -0.05) is 18.2 Å². The number of methoxy groups -OCH3 is 1. The van der Waals surface area contributed by atoms with Crippen LogP contribution >= 0.6 is 0 Å². The second-order valence-corrected chi connectivity index (χ2v) is 8.15. The Labute approximate surface area is 179 Å². The molecule has 5 N–H and O–H groups in total. The molecule has 4 unspecified atom stereocenters. The number of nitrogens with two attached hydrogens (primary N) is 1. The van der Waals surface area contributed by atoms with Crippen molar-refractivity contribution >= 4 is 11.9 Å². The van der Waals surface area contributed by atoms with Crippen LogP contribution in [-0.4, -0.2) is 53.8 Å². The minimum Gasteiger partial charge on any atom is -0.497 e. The predicted octanol–water partition coefficient (Wildman–Crippen LogP) is 0.434. The summed E-state index contributed by atoms with van der Waals surface area (Å²) >= 11 is 0. The van der Waals surface area contributed by atoms with Gasteiger partial charge in [0, 0.05) is 31.1 Å². The third kappa shape index (κ3) is 3.13. The fourth-order valence-electron chi connectivity index (χ4n) is 4.63. The van der Waals surface area contributed by atoms with Crippen LogP contribution in [0.4, 0.5) is 4.79 Å². The van der Waals surface area contributed by atoms with Crippen LogP contribution in [0.2, 0.25) is 0 Å². The number of imide groups is 1. The maximum absolute atomic E-state index is 13.0. The van der Waals surface area contributed by atoms with E-state index < -0.39 is 23.7 Å². The van der Waals surface area contributed by atoms with Crippen molar-refractivity contribution in [2.24, 2.45) is 11.7 Å². The van der Waals surface area contributed by atoms with Crippen LogP contribution in [0.25, 0.3) is 0 Å². The monoisotopic (exact) mass is 424 g/mol. The van der Waals surface area contributed by atoms with E-state index in [0.717, 1.165) is 11.1 Å². The number of urea groups is 1. The van der Waals surface area contributed by atoms with Gasteiger partial charge in [-0.3, -0.25) is 15.0 Å². The van der Waals surface area contributed by atoms with Gasteiger partial charge in [-0.25, -0.2) is 4.79 Å². The van der Waals surface area contributed by atoms with Gasteiger partial charge in [0.05, 0.1) is 7.11 Å². The van der Waals surface area contributed by atoms with Gasteiger partial charge in [0.25, 0.3) is 5.91 Å². The van der Waals surface area contributed by atoms with Crippen LogP contribution in [-0.2, 0) is 16.1 Å². The van der Waals surface area contributed by atoms with Crippen LogP contribution in [0.5, 0.6) is 5.75 Å².